The van der Waals surface area contributed by atoms with Crippen LogP contribution in [0.2, 0.25) is 0 Å². The molecule has 0 spiro atoms. The van der Waals surface area contributed by atoms with E-state index in [4.69, 9.17) is 5.73 Å². The fourth-order valence-electron chi connectivity index (χ4n) is 5.16. The summed E-state index contributed by atoms with van der Waals surface area (Å²) in [5.41, 5.74) is 6.36. The normalized spacial score (nSPS) is 40.1. The molecule has 1 heterocycles. The monoisotopic (exact) mass is 292 g/mol. The van der Waals surface area contributed by atoms with Crippen LogP contribution in [0.15, 0.2) is 0 Å². The molecule has 1 aliphatic heterocycles. The molecule has 3 aliphatic rings. The molecule has 3 rings (SSSR count). The molecular weight excluding hydrogens is 260 g/mol. The molecule has 2 bridgehead atoms. The molecule has 3 atom stereocenters. The van der Waals surface area contributed by atoms with Gasteiger partial charge in [0.15, 0.2) is 0 Å². The summed E-state index contributed by atoms with van der Waals surface area (Å²) in [7, 11) is 0. The average Bonchev–Trinajstić information content (AvgIpc) is 2.47. The number of hydrogen-bond acceptors (Lipinski definition) is 2. The van der Waals surface area contributed by atoms with Gasteiger partial charge in [-0.2, -0.15) is 0 Å². The van der Waals surface area contributed by atoms with Gasteiger partial charge < -0.3 is 10.6 Å². The van der Waals surface area contributed by atoms with Crippen molar-refractivity contribution >= 4 is 5.91 Å². The maximum Gasteiger partial charge on any atom is 0.225 e. The van der Waals surface area contributed by atoms with Crippen LogP contribution >= 0.6 is 0 Å². The number of nitrogens with zero attached hydrogens (tertiary/aromatic N) is 1. The molecule has 0 aromatic carbocycles. The molecular formula is C18H32N2O. The quantitative estimate of drug-likeness (QED) is 0.868. The van der Waals surface area contributed by atoms with E-state index >= 15 is 0 Å². The predicted molar refractivity (Wildman–Crippen MR) is 85.7 cm³/mol. The fourth-order valence-corrected chi connectivity index (χ4v) is 5.16. The minimum atomic E-state index is 0.278. The average molecular weight is 292 g/mol. The summed E-state index contributed by atoms with van der Waals surface area (Å²) in [5.74, 6) is 2.71. The van der Waals surface area contributed by atoms with Crippen LogP contribution in [0.3, 0.4) is 0 Å². The second-order valence-electron chi connectivity index (χ2n) is 7.78. The van der Waals surface area contributed by atoms with Gasteiger partial charge in [0.2, 0.25) is 5.91 Å². The third-order valence-corrected chi connectivity index (χ3v) is 6.29. The number of piperidine rings is 1. The minimum Gasteiger partial charge on any atom is -0.342 e. The van der Waals surface area contributed by atoms with Gasteiger partial charge in [-0.05, 0) is 62.7 Å². The topological polar surface area (TPSA) is 46.3 Å². The minimum absolute atomic E-state index is 0.278. The number of nitrogens with two attached hydrogens (primary N) is 1. The lowest BCUT2D eigenvalue weighted by Crippen LogP contribution is -2.51. The second kappa shape index (κ2) is 6.68. The standard InChI is InChI=1S/C18H32N2O/c1-2-5-13-6-4-9-20(12-13)18(21)16-10-14-7-3-8-15(11-16)17(14)19/h13-17H,2-12,19H2,1H3. The van der Waals surface area contributed by atoms with Crippen molar-refractivity contribution in [3.05, 3.63) is 0 Å². The van der Waals surface area contributed by atoms with Gasteiger partial charge in [-0.25, -0.2) is 0 Å². The summed E-state index contributed by atoms with van der Waals surface area (Å²) in [6, 6.07) is 0.372. The van der Waals surface area contributed by atoms with Gasteiger partial charge in [0.25, 0.3) is 0 Å². The van der Waals surface area contributed by atoms with E-state index in [1.165, 1.54) is 44.9 Å². The Morgan fingerprint density at radius 2 is 1.86 bits per heavy atom. The van der Waals surface area contributed by atoms with Crippen LogP contribution in [0, 0.1) is 23.7 Å². The third-order valence-electron chi connectivity index (χ3n) is 6.29. The van der Waals surface area contributed by atoms with Gasteiger partial charge in [-0.15, -0.1) is 0 Å². The summed E-state index contributed by atoms with van der Waals surface area (Å²) in [5, 5.41) is 0. The zero-order valence-corrected chi connectivity index (χ0v) is 13.6. The smallest absolute Gasteiger partial charge is 0.225 e. The summed E-state index contributed by atoms with van der Waals surface area (Å²) in [6.07, 6.45) is 11.0. The lowest BCUT2D eigenvalue weighted by Gasteiger charge is -2.45. The van der Waals surface area contributed by atoms with Crippen LogP contribution in [0.4, 0.5) is 0 Å². The maximum atomic E-state index is 12.9. The van der Waals surface area contributed by atoms with Crippen molar-refractivity contribution in [2.24, 2.45) is 29.4 Å². The Bertz CT molecular complexity index is 354. The van der Waals surface area contributed by atoms with Crippen LogP contribution in [0.5, 0.6) is 0 Å². The Morgan fingerprint density at radius 3 is 2.52 bits per heavy atom. The Hall–Kier alpha value is -0.570. The van der Waals surface area contributed by atoms with Crippen LogP contribution < -0.4 is 5.73 Å². The van der Waals surface area contributed by atoms with Crippen molar-refractivity contribution < 1.29 is 4.79 Å². The fraction of sp³-hybridized carbons (Fsp3) is 0.944. The van der Waals surface area contributed by atoms with E-state index in [1.54, 1.807) is 0 Å². The van der Waals surface area contributed by atoms with Gasteiger partial charge >= 0.3 is 0 Å². The van der Waals surface area contributed by atoms with Gasteiger partial charge in [0.1, 0.15) is 0 Å². The number of likely N-dealkylation sites (tertiary alicyclic amines) is 1. The molecule has 21 heavy (non-hydrogen) atoms. The molecule has 2 N–H and O–H groups in total. The van der Waals surface area contributed by atoms with Crippen LogP contribution in [0.25, 0.3) is 0 Å². The number of fused-ring (bicyclic) bond motifs is 2. The van der Waals surface area contributed by atoms with Crippen LogP contribution in [0.1, 0.15) is 64.7 Å². The first kappa shape index (κ1) is 15.3. The van der Waals surface area contributed by atoms with Crippen LogP contribution in [-0.2, 0) is 4.79 Å². The highest BCUT2D eigenvalue weighted by molar-refractivity contribution is 5.79. The number of carbonyl (C=O) groups is 1. The Labute approximate surface area is 129 Å². The first-order valence-electron chi connectivity index (χ1n) is 9.23. The molecule has 0 aromatic heterocycles. The summed E-state index contributed by atoms with van der Waals surface area (Å²) < 4.78 is 0. The Morgan fingerprint density at radius 1 is 1.14 bits per heavy atom. The first-order valence-corrected chi connectivity index (χ1v) is 9.23. The Balaban J connectivity index is 1.60. The molecule has 3 unspecified atom stereocenters. The summed E-state index contributed by atoms with van der Waals surface area (Å²) in [6.45, 7) is 4.27. The number of rotatable bonds is 3. The van der Waals surface area contributed by atoms with Gasteiger partial charge in [-0.3, -0.25) is 4.79 Å². The van der Waals surface area contributed by atoms with Crippen molar-refractivity contribution in [2.75, 3.05) is 13.1 Å². The zero-order valence-electron chi connectivity index (χ0n) is 13.6. The molecule has 3 nitrogen and oxygen atoms in total. The lowest BCUT2D eigenvalue weighted by atomic mass is 9.65. The molecule has 3 heteroatoms. The van der Waals surface area contributed by atoms with E-state index in [1.807, 2.05) is 0 Å². The molecule has 2 saturated carbocycles. The van der Waals surface area contributed by atoms with E-state index in [2.05, 4.69) is 11.8 Å². The molecule has 3 fully saturated rings. The maximum absolute atomic E-state index is 12.9. The van der Waals surface area contributed by atoms with Crippen molar-refractivity contribution in [3.8, 4) is 0 Å². The van der Waals surface area contributed by atoms with Crippen LogP contribution in [-0.4, -0.2) is 29.9 Å². The molecule has 0 aromatic rings. The van der Waals surface area contributed by atoms with Gasteiger partial charge in [0.05, 0.1) is 0 Å². The molecule has 2 aliphatic carbocycles. The lowest BCUT2D eigenvalue weighted by molar-refractivity contribution is -0.140. The highest BCUT2D eigenvalue weighted by atomic mass is 16.2. The number of hydrogen-bond donors (Lipinski definition) is 1. The van der Waals surface area contributed by atoms with Crippen molar-refractivity contribution in [2.45, 2.75) is 70.8 Å². The molecule has 120 valence electrons. The summed E-state index contributed by atoms with van der Waals surface area (Å²) in [4.78, 5) is 15.1. The zero-order chi connectivity index (χ0) is 14.8. The van der Waals surface area contributed by atoms with E-state index < -0.39 is 0 Å². The van der Waals surface area contributed by atoms with Gasteiger partial charge in [-0.1, -0.05) is 19.8 Å². The third kappa shape index (κ3) is 3.28. The highest BCUT2D eigenvalue weighted by Crippen LogP contribution is 2.42. The predicted octanol–water partition coefficient (Wildman–Crippen LogP) is 3.18. The first-order chi connectivity index (χ1) is 10.2. The van der Waals surface area contributed by atoms with Crippen molar-refractivity contribution in [1.29, 1.82) is 0 Å². The van der Waals surface area contributed by atoms with Gasteiger partial charge in [0, 0.05) is 25.0 Å². The molecule has 1 saturated heterocycles. The number of amides is 1. The Kier molecular flexibility index (Phi) is 4.88. The largest absolute Gasteiger partial charge is 0.342 e. The molecule has 0 radical (unpaired) electrons. The van der Waals surface area contributed by atoms with Crippen molar-refractivity contribution in [3.63, 3.8) is 0 Å². The number of carbonyl (C=O) groups excluding carboxylic acids is 1. The highest BCUT2D eigenvalue weighted by Gasteiger charge is 2.42. The van der Waals surface area contributed by atoms with E-state index in [0.29, 0.717) is 23.8 Å². The van der Waals surface area contributed by atoms with E-state index in [9.17, 15) is 4.79 Å². The summed E-state index contributed by atoms with van der Waals surface area (Å²) >= 11 is 0. The SMILES string of the molecule is CCCC1CCCN(C(=O)C2CC3CCCC(C2)C3N)C1. The van der Waals surface area contributed by atoms with Crippen molar-refractivity contribution in [1.82, 2.24) is 4.90 Å². The van der Waals surface area contributed by atoms with E-state index in [-0.39, 0.29) is 5.92 Å². The second-order valence-corrected chi connectivity index (χ2v) is 7.78. The molecule has 1 amide bonds. The van der Waals surface area contributed by atoms with E-state index in [0.717, 1.165) is 31.8 Å².